The molecule has 1 N–H and O–H groups in total. The van der Waals surface area contributed by atoms with Crippen LogP contribution in [0.25, 0.3) is 0 Å². The van der Waals surface area contributed by atoms with Gasteiger partial charge < -0.3 is 5.32 Å². The summed E-state index contributed by atoms with van der Waals surface area (Å²) < 4.78 is 0. The van der Waals surface area contributed by atoms with E-state index >= 15 is 0 Å². The van der Waals surface area contributed by atoms with Crippen LogP contribution >= 0.6 is 23.4 Å². The lowest BCUT2D eigenvalue weighted by Crippen LogP contribution is -2.40. The highest BCUT2D eigenvalue weighted by Gasteiger charge is 2.27. The van der Waals surface area contributed by atoms with E-state index in [0.29, 0.717) is 6.04 Å². The molecule has 2 rings (SSSR count). The third-order valence-corrected chi connectivity index (χ3v) is 6.06. The van der Waals surface area contributed by atoms with Gasteiger partial charge in [0.05, 0.1) is 0 Å². The Balaban J connectivity index is 1.90. The number of hydrogen-bond acceptors (Lipinski definition) is 2. The fraction of sp³-hybridized carbons (Fsp3) is 0.667. The first-order chi connectivity index (χ1) is 10.2. The van der Waals surface area contributed by atoms with Crippen LogP contribution in [0.5, 0.6) is 0 Å². The summed E-state index contributed by atoms with van der Waals surface area (Å²) in [5.41, 5.74) is 0. The van der Waals surface area contributed by atoms with Crippen LogP contribution in [0.2, 0.25) is 5.02 Å². The molecular formula is C18H28ClNS. The molecule has 0 aliphatic heterocycles. The van der Waals surface area contributed by atoms with Gasteiger partial charge >= 0.3 is 0 Å². The smallest absolute Gasteiger partial charge is 0.0406 e. The molecule has 118 valence electrons. The van der Waals surface area contributed by atoms with Crippen LogP contribution in [0.15, 0.2) is 29.2 Å². The summed E-state index contributed by atoms with van der Waals surface area (Å²) in [6.07, 6.45) is 7.01. The van der Waals surface area contributed by atoms with E-state index in [0.717, 1.165) is 29.2 Å². The van der Waals surface area contributed by atoms with Crippen molar-refractivity contribution in [3.8, 4) is 0 Å². The summed E-state index contributed by atoms with van der Waals surface area (Å²) >= 11 is 7.91. The largest absolute Gasteiger partial charge is 0.313 e. The van der Waals surface area contributed by atoms with Gasteiger partial charge in [-0.1, -0.05) is 44.7 Å². The zero-order chi connectivity index (χ0) is 15.1. The lowest BCUT2D eigenvalue weighted by atomic mass is 9.77. The van der Waals surface area contributed by atoms with Crippen molar-refractivity contribution in [3.05, 3.63) is 29.3 Å². The van der Waals surface area contributed by atoms with Crippen molar-refractivity contribution in [3.63, 3.8) is 0 Å². The molecule has 0 aromatic heterocycles. The lowest BCUT2D eigenvalue weighted by Gasteiger charge is -2.34. The summed E-state index contributed by atoms with van der Waals surface area (Å²) in [4.78, 5) is 1.32. The highest BCUT2D eigenvalue weighted by molar-refractivity contribution is 7.99. The second kappa shape index (κ2) is 9.07. The van der Waals surface area contributed by atoms with Crippen LogP contribution in [0.1, 0.15) is 46.0 Å². The van der Waals surface area contributed by atoms with Crippen molar-refractivity contribution in [1.29, 1.82) is 0 Å². The minimum atomic E-state index is 0.644. The monoisotopic (exact) mass is 325 g/mol. The van der Waals surface area contributed by atoms with Gasteiger partial charge in [-0.2, -0.15) is 0 Å². The van der Waals surface area contributed by atoms with Crippen LogP contribution in [0, 0.1) is 11.8 Å². The first-order valence-corrected chi connectivity index (χ1v) is 9.71. The average molecular weight is 326 g/mol. The maximum Gasteiger partial charge on any atom is 0.0406 e. The van der Waals surface area contributed by atoms with Crippen molar-refractivity contribution < 1.29 is 0 Å². The topological polar surface area (TPSA) is 12.0 Å². The summed E-state index contributed by atoms with van der Waals surface area (Å²) in [5, 5.41) is 4.55. The molecule has 3 unspecified atom stereocenters. The third kappa shape index (κ3) is 5.50. The molecule has 1 aliphatic rings. The Hall–Kier alpha value is -0.180. The molecule has 1 nitrogen and oxygen atoms in total. The Morgan fingerprint density at radius 3 is 2.67 bits per heavy atom. The van der Waals surface area contributed by atoms with Crippen molar-refractivity contribution in [2.24, 2.45) is 11.8 Å². The zero-order valence-electron chi connectivity index (χ0n) is 13.3. The molecule has 0 saturated heterocycles. The van der Waals surface area contributed by atoms with Crippen molar-refractivity contribution >= 4 is 23.4 Å². The number of benzene rings is 1. The van der Waals surface area contributed by atoms with Crippen LogP contribution in [-0.4, -0.2) is 18.3 Å². The van der Waals surface area contributed by atoms with Crippen LogP contribution in [0.3, 0.4) is 0 Å². The first kappa shape index (κ1) is 17.2. The van der Waals surface area contributed by atoms with E-state index in [1.165, 1.54) is 37.0 Å². The van der Waals surface area contributed by atoms with E-state index in [2.05, 4.69) is 31.3 Å². The zero-order valence-corrected chi connectivity index (χ0v) is 14.8. The van der Waals surface area contributed by atoms with Gasteiger partial charge in [-0.15, -0.1) is 11.8 Å². The van der Waals surface area contributed by atoms with Gasteiger partial charge in [-0.25, -0.2) is 0 Å². The second-order valence-corrected chi connectivity index (χ2v) is 7.66. The molecule has 0 bridgehead atoms. The quantitative estimate of drug-likeness (QED) is 0.652. The highest BCUT2D eigenvalue weighted by Crippen LogP contribution is 2.34. The maximum absolute atomic E-state index is 5.96. The third-order valence-electron chi connectivity index (χ3n) is 4.68. The highest BCUT2D eigenvalue weighted by atomic mass is 35.5. The van der Waals surface area contributed by atoms with E-state index in [1.807, 2.05) is 23.9 Å². The molecule has 21 heavy (non-hydrogen) atoms. The SMILES string of the molecule is CCNC(CSc1ccc(Cl)cc1)C1CCCC(CC)C1. The van der Waals surface area contributed by atoms with E-state index in [4.69, 9.17) is 11.6 Å². The number of thioether (sulfide) groups is 1. The van der Waals surface area contributed by atoms with Gasteiger partial charge in [0.2, 0.25) is 0 Å². The fourth-order valence-corrected chi connectivity index (χ4v) is 4.63. The van der Waals surface area contributed by atoms with E-state index in [1.54, 1.807) is 0 Å². The Kier molecular flexibility index (Phi) is 7.42. The van der Waals surface area contributed by atoms with E-state index in [9.17, 15) is 0 Å². The molecule has 1 saturated carbocycles. The van der Waals surface area contributed by atoms with Crippen molar-refractivity contribution in [2.75, 3.05) is 12.3 Å². The minimum absolute atomic E-state index is 0.644. The molecule has 0 heterocycles. The van der Waals surface area contributed by atoms with Crippen molar-refractivity contribution in [1.82, 2.24) is 5.32 Å². The molecular weight excluding hydrogens is 298 g/mol. The number of rotatable bonds is 7. The predicted molar refractivity (Wildman–Crippen MR) is 95.4 cm³/mol. The van der Waals surface area contributed by atoms with E-state index in [-0.39, 0.29) is 0 Å². The molecule has 0 radical (unpaired) electrons. The van der Waals surface area contributed by atoms with Gasteiger partial charge in [-0.3, -0.25) is 0 Å². The Bertz CT molecular complexity index is 406. The molecule has 3 heteroatoms. The average Bonchev–Trinajstić information content (AvgIpc) is 2.53. The van der Waals surface area contributed by atoms with Crippen LogP contribution in [0.4, 0.5) is 0 Å². The number of hydrogen-bond donors (Lipinski definition) is 1. The van der Waals surface area contributed by atoms with Gasteiger partial charge in [0.15, 0.2) is 0 Å². The van der Waals surface area contributed by atoms with Gasteiger partial charge in [0.25, 0.3) is 0 Å². The van der Waals surface area contributed by atoms with Gasteiger partial charge in [-0.05, 0) is 55.5 Å². The number of nitrogens with one attached hydrogen (secondary N) is 1. The molecule has 3 atom stereocenters. The Morgan fingerprint density at radius 1 is 1.24 bits per heavy atom. The summed E-state index contributed by atoms with van der Waals surface area (Å²) in [6, 6.07) is 8.88. The first-order valence-electron chi connectivity index (χ1n) is 8.34. The minimum Gasteiger partial charge on any atom is -0.313 e. The summed E-state index contributed by atoms with van der Waals surface area (Å²) in [5.74, 6) is 2.96. The van der Waals surface area contributed by atoms with Gasteiger partial charge in [0, 0.05) is 21.7 Å². The van der Waals surface area contributed by atoms with Gasteiger partial charge in [0.1, 0.15) is 0 Å². The van der Waals surface area contributed by atoms with Crippen LogP contribution in [-0.2, 0) is 0 Å². The fourth-order valence-electron chi connectivity index (χ4n) is 3.41. The normalized spacial score (nSPS) is 24.0. The Morgan fingerprint density at radius 2 is 2.00 bits per heavy atom. The molecule has 1 fully saturated rings. The molecule has 0 amide bonds. The van der Waals surface area contributed by atoms with Crippen molar-refractivity contribution in [2.45, 2.75) is 56.9 Å². The Labute approximate surface area is 139 Å². The second-order valence-electron chi connectivity index (χ2n) is 6.13. The predicted octanol–water partition coefficient (Wildman–Crippen LogP) is 5.63. The van der Waals surface area contributed by atoms with Crippen LogP contribution < -0.4 is 5.32 Å². The molecule has 1 aromatic rings. The standard InChI is InChI=1S/C18H28ClNS/c1-3-14-6-5-7-15(12-14)18(20-4-2)13-21-17-10-8-16(19)9-11-17/h8-11,14-15,18,20H,3-7,12-13H2,1-2H3. The molecule has 1 aromatic carbocycles. The lowest BCUT2D eigenvalue weighted by molar-refractivity contribution is 0.220. The summed E-state index contributed by atoms with van der Waals surface area (Å²) in [7, 11) is 0. The summed E-state index contributed by atoms with van der Waals surface area (Å²) in [6.45, 7) is 5.64. The number of halogens is 1. The molecule has 1 aliphatic carbocycles. The van der Waals surface area contributed by atoms with E-state index < -0.39 is 0 Å². The molecule has 0 spiro atoms. The maximum atomic E-state index is 5.96.